The molecule has 1 heterocycles. The molecule has 0 saturated carbocycles. The third-order valence-electron chi connectivity index (χ3n) is 2.96. The monoisotopic (exact) mass is 244 g/mol. The van der Waals surface area contributed by atoms with Gasteiger partial charge in [0.2, 0.25) is 5.91 Å². The van der Waals surface area contributed by atoms with Gasteiger partial charge < -0.3 is 10.2 Å². The number of carbonyl (C=O) groups excluding carboxylic acids is 2. The van der Waals surface area contributed by atoms with Crippen molar-refractivity contribution in [3.63, 3.8) is 0 Å². The van der Waals surface area contributed by atoms with Gasteiger partial charge in [-0.2, -0.15) is 0 Å². The normalized spacial score (nSPS) is 14.0. The fourth-order valence-electron chi connectivity index (χ4n) is 2.04. The second-order valence-electron chi connectivity index (χ2n) is 4.23. The van der Waals surface area contributed by atoms with Gasteiger partial charge in [0.15, 0.2) is 0 Å². The lowest BCUT2D eigenvalue weighted by Gasteiger charge is -2.27. The molecule has 2 rings (SSSR count). The molecule has 1 aliphatic rings. The minimum Gasteiger partial charge on any atom is -0.351 e. The van der Waals surface area contributed by atoms with Crippen molar-refractivity contribution >= 4 is 11.8 Å². The van der Waals surface area contributed by atoms with Gasteiger partial charge in [0.25, 0.3) is 5.91 Å². The largest absolute Gasteiger partial charge is 0.351 e. The number of amides is 2. The molecule has 2 amide bonds. The summed E-state index contributed by atoms with van der Waals surface area (Å²) in [6.45, 7) is 4.66. The van der Waals surface area contributed by atoms with Crippen LogP contribution >= 0.6 is 0 Å². The van der Waals surface area contributed by atoms with Gasteiger partial charge in [-0.25, -0.2) is 0 Å². The first kappa shape index (κ1) is 12.4. The lowest BCUT2D eigenvalue weighted by molar-refractivity contribution is -0.121. The zero-order valence-corrected chi connectivity index (χ0v) is 10.2. The first-order valence-corrected chi connectivity index (χ1v) is 5.97. The summed E-state index contributed by atoms with van der Waals surface area (Å²) in [6, 6.07) is 7.55. The fourth-order valence-corrected chi connectivity index (χ4v) is 2.04. The van der Waals surface area contributed by atoms with Gasteiger partial charge in [0.1, 0.15) is 0 Å². The zero-order valence-electron chi connectivity index (χ0n) is 10.2. The van der Waals surface area contributed by atoms with Gasteiger partial charge in [-0.15, -0.1) is 6.58 Å². The smallest absolute Gasteiger partial charge is 0.254 e. The molecule has 18 heavy (non-hydrogen) atoms. The third-order valence-corrected chi connectivity index (χ3v) is 2.96. The predicted molar refractivity (Wildman–Crippen MR) is 69.3 cm³/mol. The number of fused-ring (bicyclic) bond motifs is 1. The number of nitrogens with one attached hydrogen (secondary N) is 1. The first-order valence-electron chi connectivity index (χ1n) is 5.97. The molecule has 94 valence electrons. The van der Waals surface area contributed by atoms with Crippen LogP contribution in [0.15, 0.2) is 36.9 Å². The van der Waals surface area contributed by atoms with E-state index in [-0.39, 0.29) is 18.4 Å². The summed E-state index contributed by atoms with van der Waals surface area (Å²) in [5.41, 5.74) is 1.77. The first-order chi connectivity index (χ1) is 8.72. The van der Waals surface area contributed by atoms with Gasteiger partial charge >= 0.3 is 0 Å². The Labute approximate surface area is 106 Å². The molecule has 1 aliphatic heterocycles. The van der Waals surface area contributed by atoms with Crippen LogP contribution < -0.4 is 5.32 Å². The molecule has 1 N–H and O–H groups in total. The molecular formula is C14H16N2O2. The van der Waals surface area contributed by atoms with E-state index in [9.17, 15) is 9.59 Å². The van der Waals surface area contributed by atoms with Crippen molar-refractivity contribution in [1.82, 2.24) is 10.2 Å². The zero-order chi connectivity index (χ0) is 13.0. The van der Waals surface area contributed by atoms with E-state index in [1.54, 1.807) is 11.0 Å². The third kappa shape index (κ3) is 2.59. The van der Waals surface area contributed by atoms with E-state index in [0.29, 0.717) is 18.7 Å². The van der Waals surface area contributed by atoms with Gasteiger partial charge in [0.05, 0.1) is 6.54 Å². The van der Waals surface area contributed by atoms with E-state index in [0.717, 1.165) is 12.0 Å². The molecular weight excluding hydrogens is 228 g/mol. The Morgan fingerprint density at radius 1 is 1.44 bits per heavy atom. The molecule has 0 unspecified atom stereocenters. The van der Waals surface area contributed by atoms with Crippen LogP contribution in [0.4, 0.5) is 0 Å². The fraction of sp³-hybridized carbons (Fsp3) is 0.286. The minimum atomic E-state index is -0.150. The van der Waals surface area contributed by atoms with E-state index in [2.05, 4.69) is 11.9 Å². The molecule has 0 fully saturated rings. The van der Waals surface area contributed by atoms with Crippen LogP contribution in [0.25, 0.3) is 0 Å². The maximum Gasteiger partial charge on any atom is 0.254 e. The highest BCUT2D eigenvalue weighted by Gasteiger charge is 2.24. The average Bonchev–Trinajstić information content (AvgIpc) is 2.40. The lowest BCUT2D eigenvalue weighted by Crippen LogP contribution is -2.44. The standard InChI is InChI=1S/C14H16N2O2/c1-2-8-15-13(17)10-16-9-7-11-5-3-4-6-12(11)14(16)18/h2-6H,1,7-10H2,(H,15,17). The highest BCUT2D eigenvalue weighted by Crippen LogP contribution is 2.17. The van der Waals surface area contributed by atoms with Crippen molar-refractivity contribution in [2.75, 3.05) is 19.6 Å². The van der Waals surface area contributed by atoms with E-state index in [1.165, 1.54) is 0 Å². The van der Waals surface area contributed by atoms with E-state index < -0.39 is 0 Å². The van der Waals surface area contributed by atoms with Crippen molar-refractivity contribution in [3.8, 4) is 0 Å². The van der Waals surface area contributed by atoms with E-state index in [4.69, 9.17) is 0 Å². The van der Waals surface area contributed by atoms with Crippen LogP contribution in [0.1, 0.15) is 15.9 Å². The molecule has 1 aromatic rings. The summed E-state index contributed by atoms with van der Waals surface area (Å²) < 4.78 is 0. The number of carbonyl (C=O) groups is 2. The Hall–Kier alpha value is -2.10. The molecule has 0 spiro atoms. The van der Waals surface area contributed by atoms with Crippen molar-refractivity contribution in [3.05, 3.63) is 48.0 Å². The number of hydrogen-bond acceptors (Lipinski definition) is 2. The number of hydrogen-bond donors (Lipinski definition) is 1. The summed E-state index contributed by atoms with van der Waals surface area (Å²) in [7, 11) is 0. The van der Waals surface area contributed by atoms with E-state index >= 15 is 0 Å². The molecule has 0 atom stereocenters. The highest BCUT2D eigenvalue weighted by molar-refractivity contribution is 5.98. The van der Waals surface area contributed by atoms with Crippen LogP contribution in [0.3, 0.4) is 0 Å². The lowest BCUT2D eigenvalue weighted by atomic mass is 9.99. The van der Waals surface area contributed by atoms with Crippen molar-refractivity contribution in [2.24, 2.45) is 0 Å². The summed E-state index contributed by atoms with van der Waals surface area (Å²) >= 11 is 0. The SMILES string of the molecule is C=CCNC(=O)CN1CCc2ccccc2C1=O. The summed E-state index contributed by atoms with van der Waals surface area (Å²) in [4.78, 5) is 25.3. The van der Waals surface area contributed by atoms with Crippen molar-refractivity contribution in [2.45, 2.75) is 6.42 Å². The van der Waals surface area contributed by atoms with Crippen LogP contribution in [0.5, 0.6) is 0 Å². The summed E-state index contributed by atoms with van der Waals surface area (Å²) in [5.74, 6) is -0.215. The van der Waals surface area contributed by atoms with Gasteiger partial charge in [0, 0.05) is 18.7 Å². The molecule has 0 radical (unpaired) electrons. The molecule has 0 aromatic heterocycles. The number of benzene rings is 1. The van der Waals surface area contributed by atoms with Crippen molar-refractivity contribution in [1.29, 1.82) is 0 Å². The van der Waals surface area contributed by atoms with Crippen molar-refractivity contribution < 1.29 is 9.59 Å². The summed E-state index contributed by atoms with van der Waals surface area (Å²) in [5, 5.41) is 2.67. The molecule has 4 nitrogen and oxygen atoms in total. The quantitative estimate of drug-likeness (QED) is 0.803. The molecule has 4 heteroatoms. The Bertz CT molecular complexity index is 482. The van der Waals surface area contributed by atoms with Crippen LogP contribution in [0, 0.1) is 0 Å². The average molecular weight is 244 g/mol. The van der Waals surface area contributed by atoms with Gasteiger partial charge in [-0.3, -0.25) is 9.59 Å². The summed E-state index contributed by atoms with van der Waals surface area (Å²) in [6.07, 6.45) is 2.42. The van der Waals surface area contributed by atoms with Gasteiger partial charge in [-0.1, -0.05) is 24.3 Å². The van der Waals surface area contributed by atoms with E-state index in [1.807, 2.05) is 24.3 Å². The van der Waals surface area contributed by atoms with Crippen LogP contribution in [0.2, 0.25) is 0 Å². The number of nitrogens with zero attached hydrogens (tertiary/aromatic N) is 1. The second kappa shape index (κ2) is 5.49. The minimum absolute atomic E-state index is 0.0643. The predicted octanol–water partition coefficient (Wildman–Crippen LogP) is 0.987. The van der Waals surface area contributed by atoms with Crippen LogP contribution in [-0.2, 0) is 11.2 Å². The Morgan fingerprint density at radius 3 is 3.00 bits per heavy atom. The molecule has 0 bridgehead atoms. The number of rotatable bonds is 4. The molecule has 0 aliphatic carbocycles. The second-order valence-corrected chi connectivity index (χ2v) is 4.23. The Balaban J connectivity index is 2.03. The highest BCUT2D eigenvalue weighted by atomic mass is 16.2. The van der Waals surface area contributed by atoms with Gasteiger partial charge in [-0.05, 0) is 18.1 Å². The topological polar surface area (TPSA) is 49.4 Å². The van der Waals surface area contributed by atoms with Crippen LogP contribution in [-0.4, -0.2) is 36.3 Å². The maximum absolute atomic E-state index is 12.2. The molecule has 0 saturated heterocycles. The molecule has 1 aromatic carbocycles. The maximum atomic E-state index is 12.2. The Morgan fingerprint density at radius 2 is 2.22 bits per heavy atom. The Kier molecular flexibility index (Phi) is 3.77.